The molecule has 0 aliphatic carbocycles. The zero-order valence-corrected chi connectivity index (χ0v) is 13.7. The number of thiophene rings is 1. The maximum Gasteiger partial charge on any atom is 0.417 e. The highest BCUT2D eigenvalue weighted by Crippen LogP contribution is 2.35. The van der Waals surface area contributed by atoms with Crippen molar-refractivity contribution in [1.82, 2.24) is 4.31 Å². The molecule has 9 heteroatoms. The van der Waals surface area contributed by atoms with Crippen molar-refractivity contribution in [2.45, 2.75) is 17.6 Å². The van der Waals surface area contributed by atoms with Gasteiger partial charge in [-0.3, -0.25) is 0 Å². The van der Waals surface area contributed by atoms with Gasteiger partial charge in [-0.15, -0.1) is 11.3 Å². The SMILES string of the molecule is CN(Cc1ccc(Cl)s1)S(=O)(=O)c1ccccc1C(F)(F)F. The number of hydrogen-bond donors (Lipinski definition) is 0. The van der Waals surface area contributed by atoms with Gasteiger partial charge >= 0.3 is 6.18 Å². The first-order valence-electron chi connectivity index (χ1n) is 5.99. The molecule has 0 bridgehead atoms. The second-order valence-corrected chi connectivity index (χ2v) is 8.27. The summed E-state index contributed by atoms with van der Waals surface area (Å²) in [5.74, 6) is 0. The molecule has 0 unspecified atom stereocenters. The summed E-state index contributed by atoms with van der Waals surface area (Å²) in [5, 5.41) is 0. The molecule has 0 spiro atoms. The van der Waals surface area contributed by atoms with E-state index >= 15 is 0 Å². The third-order valence-electron chi connectivity index (χ3n) is 2.89. The molecule has 0 atom stereocenters. The summed E-state index contributed by atoms with van der Waals surface area (Å²) in [6, 6.07) is 7.36. The Balaban J connectivity index is 2.38. The smallest absolute Gasteiger partial charge is 0.207 e. The van der Waals surface area contributed by atoms with Crippen molar-refractivity contribution in [1.29, 1.82) is 0 Å². The first-order valence-corrected chi connectivity index (χ1v) is 8.62. The van der Waals surface area contributed by atoms with Crippen LogP contribution in [0.3, 0.4) is 0 Å². The molecular weight excluding hydrogens is 359 g/mol. The van der Waals surface area contributed by atoms with Crippen molar-refractivity contribution in [3.63, 3.8) is 0 Å². The van der Waals surface area contributed by atoms with E-state index in [1.54, 1.807) is 12.1 Å². The van der Waals surface area contributed by atoms with Gasteiger partial charge in [-0.25, -0.2) is 8.42 Å². The fraction of sp³-hybridized carbons (Fsp3) is 0.231. The van der Waals surface area contributed by atoms with Gasteiger partial charge in [-0.05, 0) is 24.3 Å². The molecule has 3 nitrogen and oxygen atoms in total. The van der Waals surface area contributed by atoms with Gasteiger partial charge in [0.15, 0.2) is 0 Å². The molecule has 1 aromatic carbocycles. The van der Waals surface area contributed by atoms with Gasteiger partial charge in [0.25, 0.3) is 0 Å². The highest BCUT2D eigenvalue weighted by molar-refractivity contribution is 7.89. The molecule has 22 heavy (non-hydrogen) atoms. The summed E-state index contributed by atoms with van der Waals surface area (Å²) in [6.07, 6.45) is -4.74. The number of nitrogens with zero attached hydrogens (tertiary/aromatic N) is 1. The van der Waals surface area contributed by atoms with E-state index in [9.17, 15) is 21.6 Å². The number of benzene rings is 1. The van der Waals surface area contributed by atoms with E-state index in [1.165, 1.54) is 24.5 Å². The molecule has 1 aromatic heterocycles. The Bertz CT molecular complexity index is 772. The maximum absolute atomic E-state index is 13.0. The van der Waals surface area contributed by atoms with Crippen LogP contribution in [-0.2, 0) is 22.7 Å². The molecule has 2 rings (SSSR count). The fourth-order valence-electron chi connectivity index (χ4n) is 1.83. The van der Waals surface area contributed by atoms with Gasteiger partial charge in [-0.2, -0.15) is 17.5 Å². The third kappa shape index (κ3) is 3.62. The Morgan fingerprint density at radius 3 is 2.36 bits per heavy atom. The zero-order valence-electron chi connectivity index (χ0n) is 11.3. The lowest BCUT2D eigenvalue weighted by atomic mass is 10.2. The van der Waals surface area contributed by atoms with Crippen LogP contribution in [0.4, 0.5) is 13.2 Å². The molecular formula is C13H11ClF3NO2S2. The van der Waals surface area contributed by atoms with Crippen molar-refractivity contribution < 1.29 is 21.6 Å². The monoisotopic (exact) mass is 369 g/mol. The number of halogens is 4. The van der Waals surface area contributed by atoms with Gasteiger partial charge in [-0.1, -0.05) is 23.7 Å². The zero-order chi connectivity index (χ0) is 16.5. The predicted molar refractivity (Wildman–Crippen MR) is 79.4 cm³/mol. The van der Waals surface area contributed by atoms with Crippen LogP contribution < -0.4 is 0 Å². The minimum Gasteiger partial charge on any atom is -0.207 e. The summed E-state index contributed by atoms with van der Waals surface area (Å²) in [7, 11) is -3.03. The van der Waals surface area contributed by atoms with E-state index < -0.39 is 26.7 Å². The molecule has 0 saturated heterocycles. The van der Waals surface area contributed by atoms with Crippen LogP contribution in [0.25, 0.3) is 0 Å². The Labute approximate surface area is 135 Å². The Kier molecular flexibility index (Phi) is 4.86. The lowest BCUT2D eigenvalue weighted by Crippen LogP contribution is -2.28. The van der Waals surface area contributed by atoms with E-state index in [1.807, 2.05) is 0 Å². The normalized spacial score (nSPS) is 12.8. The van der Waals surface area contributed by atoms with Crippen molar-refractivity contribution >= 4 is 33.0 Å². The molecule has 2 aromatic rings. The van der Waals surface area contributed by atoms with Crippen molar-refractivity contribution in [3.05, 3.63) is 51.2 Å². The van der Waals surface area contributed by atoms with Crippen molar-refractivity contribution in [2.24, 2.45) is 0 Å². The van der Waals surface area contributed by atoms with Crippen LogP contribution in [0.15, 0.2) is 41.3 Å². The topological polar surface area (TPSA) is 37.4 Å². The highest BCUT2D eigenvalue weighted by Gasteiger charge is 2.38. The molecule has 0 aliphatic rings. The number of alkyl halides is 3. The second-order valence-electron chi connectivity index (χ2n) is 4.46. The molecule has 0 amide bonds. The lowest BCUT2D eigenvalue weighted by molar-refractivity contribution is -0.139. The minimum atomic E-state index is -4.74. The first kappa shape index (κ1) is 17.3. The van der Waals surface area contributed by atoms with Crippen LogP contribution in [0.1, 0.15) is 10.4 Å². The minimum absolute atomic E-state index is 0.0497. The van der Waals surface area contributed by atoms with Crippen LogP contribution in [0.2, 0.25) is 4.34 Å². The fourth-order valence-corrected chi connectivity index (χ4v) is 4.41. The Morgan fingerprint density at radius 2 is 1.82 bits per heavy atom. The first-order chi connectivity index (χ1) is 10.1. The lowest BCUT2D eigenvalue weighted by Gasteiger charge is -2.19. The van der Waals surface area contributed by atoms with E-state index in [-0.39, 0.29) is 6.54 Å². The van der Waals surface area contributed by atoms with E-state index in [0.717, 1.165) is 22.5 Å². The average molecular weight is 370 g/mol. The van der Waals surface area contributed by atoms with Crippen LogP contribution in [0.5, 0.6) is 0 Å². The second kappa shape index (κ2) is 6.19. The summed E-state index contributed by atoms with van der Waals surface area (Å²) in [6.45, 7) is -0.0497. The largest absolute Gasteiger partial charge is 0.417 e. The molecule has 1 heterocycles. The van der Waals surface area contributed by atoms with Gasteiger partial charge in [0.1, 0.15) is 0 Å². The molecule has 0 aliphatic heterocycles. The maximum atomic E-state index is 13.0. The third-order valence-corrected chi connectivity index (χ3v) is 5.97. The van der Waals surface area contributed by atoms with E-state index in [2.05, 4.69) is 0 Å². The van der Waals surface area contributed by atoms with E-state index in [0.29, 0.717) is 9.21 Å². The van der Waals surface area contributed by atoms with Crippen LogP contribution in [-0.4, -0.2) is 19.8 Å². The number of rotatable bonds is 4. The Morgan fingerprint density at radius 1 is 1.18 bits per heavy atom. The molecule has 0 saturated carbocycles. The van der Waals surface area contributed by atoms with Gasteiger partial charge in [0, 0.05) is 18.5 Å². The summed E-state index contributed by atoms with van der Waals surface area (Å²) < 4.78 is 65.1. The quantitative estimate of drug-likeness (QED) is 0.808. The highest BCUT2D eigenvalue weighted by atomic mass is 35.5. The summed E-state index contributed by atoms with van der Waals surface area (Å²) in [5.41, 5.74) is -1.17. The standard InChI is InChI=1S/C13H11ClF3NO2S2/c1-18(8-9-6-7-12(14)21-9)22(19,20)11-5-3-2-4-10(11)13(15,16)17/h2-7H,8H2,1H3. The van der Waals surface area contributed by atoms with Gasteiger partial charge in [0.05, 0.1) is 14.8 Å². The van der Waals surface area contributed by atoms with E-state index in [4.69, 9.17) is 11.6 Å². The summed E-state index contributed by atoms with van der Waals surface area (Å²) in [4.78, 5) is -0.117. The molecule has 0 fully saturated rings. The predicted octanol–water partition coefficient (Wildman–Crippen LogP) is 4.24. The van der Waals surface area contributed by atoms with Crippen molar-refractivity contribution in [3.8, 4) is 0 Å². The molecule has 0 radical (unpaired) electrons. The van der Waals surface area contributed by atoms with Gasteiger partial charge < -0.3 is 0 Å². The molecule has 0 N–H and O–H groups in total. The van der Waals surface area contributed by atoms with Crippen LogP contribution >= 0.6 is 22.9 Å². The molecule has 120 valence electrons. The number of hydrogen-bond acceptors (Lipinski definition) is 3. The van der Waals surface area contributed by atoms with Crippen LogP contribution in [0, 0.1) is 0 Å². The van der Waals surface area contributed by atoms with Crippen molar-refractivity contribution in [2.75, 3.05) is 7.05 Å². The van der Waals surface area contributed by atoms with Gasteiger partial charge in [0.2, 0.25) is 10.0 Å². The number of sulfonamides is 1. The average Bonchev–Trinajstić information content (AvgIpc) is 2.83. The summed E-state index contributed by atoms with van der Waals surface area (Å²) >= 11 is 6.94. The Hall–Kier alpha value is -1.09.